The number of anilines is 2. The van der Waals surface area contributed by atoms with Gasteiger partial charge in [-0.25, -0.2) is 22.7 Å². The van der Waals surface area contributed by atoms with E-state index in [0.29, 0.717) is 56.9 Å². The minimum absolute atomic E-state index is 0.0606. The normalized spacial score (nSPS) is 14.3. The van der Waals surface area contributed by atoms with Gasteiger partial charge in [-0.1, -0.05) is 91.0 Å². The Morgan fingerprint density at radius 1 is 0.627 bits per heavy atom. The fraction of sp³-hybridized carbons (Fsp3) is 0.138. The Hall–Kier alpha value is -9.19. The molecule has 2 amide bonds. The van der Waals surface area contributed by atoms with Crippen molar-refractivity contribution in [2.24, 2.45) is 11.5 Å². The molecule has 378 valence electrons. The molecule has 1 aliphatic heterocycles. The number of rotatable bonds is 8. The number of nitrogens with one attached hydrogen (secondary N) is 1. The number of fused-ring (bicyclic) bond motifs is 4. The van der Waals surface area contributed by atoms with Crippen molar-refractivity contribution in [2.75, 3.05) is 10.6 Å². The SMILES string of the molecule is C[C@H](N)c1cc2cccc(F)c2c(=O)n1-c1ccccc1.C[C@H](N)c1cc2cccc(F)c2c(=O)n1-c1ccccc1.C[C@H](NC(=O)c1c(N)nn2cccnc12)C1Cc2cccc(F)c2C(=O)N1c1ccccc1. The topological polar surface area (TPSA) is 202 Å². The highest BCUT2D eigenvalue weighted by Crippen LogP contribution is 2.32. The van der Waals surface area contributed by atoms with E-state index in [1.54, 1.807) is 122 Å². The summed E-state index contributed by atoms with van der Waals surface area (Å²) >= 11 is 0. The first-order valence-electron chi connectivity index (χ1n) is 24.0. The predicted molar refractivity (Wildman–Crippen MR) is 286 cm³/mol. The van der Waals surface area contributed by atoms with E-state index in [9.17, 15) is 32.3 Å². The van der Waals surface area contributed by atoms with Crippen LogP contribution in [0.5, 0.6) is 0 Å². The zero-order valence-corrected chi connectivity index (χ0v) is 40.9. The van der Waals surface area contributed by atoms with E-state index in [1.807, 2.05) is 61.5 Å². The second kappa shape index (κ2) is 21.5. The van der Waals surface area contributed by atoms with Crippen LogP contribution in [0.15, 0.2) is 186 Å². The molecule has 5 heterocycles. The first-order chi connectivity index (χ1) is 36.1. The summed E-state index contributed by atoms with van der Waals surface area (Å²) in [4.78, 5) is 57.8. The quantitative estimate of drug-likeness (QED) is 0.115. The van der Waals surface area contributed by atoms with Gasteiger partial charge in [-0.15, -0.1) is 5.10 Å². The average molecular weight is 1010 g/mol. The Bertz CT molecular complexity index is 3720. The highest BCUT2D eigenvalue weighted by atomic mass is 19.1. The molecule has 14 nitrogen and oxygen atoms in total. The largest absolute Gasteiger partial charge is 0.381 e. The molecule has 0 radical (unpaired) electrons. The maximum Gasteiger partial charge on any atom is 0.266 e. The molecular formula is C58H51F3N10O4. The van der Waals surface area contributed by atoms with Gasteiger partial charge in [0, 0.05) is 59.0 Å². The van der Waals surface area contributed by atoms with Crippen molar-refractivity contribution in [3.8, 4) is 11.4 Å². The molecule has 4 aromatic heterocycles. The van der Waals surface area contributed by atoms with Gasteiger partial charge in [0.25, 0.3) is 22.9 Å². The van der Waals surface area contributed by atoms with Gasteiger partial charge in [0.05, 0.1) is 22.4 Å². The van der Waals surface area contributed by atoms with Crippen LogP contribution in [-0.2, 0) is 6.42 Å². The van der Waals surface area contributed by atoms with Crippen molar-refractivity contribution in [3.05, 3.63) is 242 Å². The smallest absolute Gasteiger partial charge is 0.266 e. The summed E-state index contributed by atoms with van der Waals surface area (Å²) < 4.78 is 47.0. The lowest BCUT2D eigenvalue weighted by molar-refractivity contribution is 0.0906. The lowest BCUT2D eigenvalue weighted by atomic mass is 9.89. The number of benzene rings is 6. The molecule has 10 aromatic rings. The molecule has 17 heteroatoms. The van der Waals surface area contributed by atoms with Crippen LogP contribution < -0.4 is 38.5 Å². The molecule has 0 saturated carbocycles. The Labute approximate surface area is 428 Å². The number of nitrogens with two attached hydrogens (primary N) is 3. The van der Waals surface area contributed by atoms with Crippen LogP contribution in [-0.4, -0.2) is 47.6 Å². The van der Waals surface area contributed by atoms with Crippen LogP contribution >= 0.6 is 0 Å². The van der Waals surface area contributed by atoms with Crippen LogP contribution in [0.4, 0.5) is 24.7 Å². The second-order valence-electron chi connectivity index (χ2n) is 18.0. The number of amides is 2. The third kappa shape index (κ3) is 10.0. The van der Waals surface area contributed by atoms with Gasteiger partial charge in [-0.05, 0) is 116 Å². The predicted octanol–water partition coefficient (Wildman–Crippen LogP) is 9.14. The summed E-state index contributed by atoms with van der Waals surface area (Å²) in [6, 6.07) is 44.8. The number of hydrogen-bond acceptors (Lipinski definition) is 9. The molecule has 4 atom stereocenters. The van der Waals surface area contributed by atoms with Crippen LogP contribution in [0, 0.1) is 17.5 Å². The number of hydrogen-bond donors (Lipinski definition) is 4. The number of nitrogens with zero attached hydrogens (tertiary/aromatic N) is 6. The molecule has 6 aromatic carbocycles. The molecule has 0 spiro atoms. The lowest BCUT2D eigenvalue weighted by Crippen LogP contribution is -2.56. The van der Waals surface area contributed by atoms with Gasteiger partial charge in [0.2, 0.25) is 0 Å². The summed E-state index contributed by atoms with van der Waals surface area (Å²) in [7, 11) is 0. The van der Waals surface area contributed by atoms with E-state index >= 15 is 0 Å². The van der Waals surface area contributed by atoms with Crippen molar-refractivity contribution < 1.29 is 22.8 Å². The van der Waals surface area contributed by atoms with Crippen LogP contribution in [0.25, 0.3) is 38.6 Å². The van der Waals surface area contributed by atoms with E-state index in [1.165, 1.54) is 31.8 Å². The molecule has 0 bridgehead atoms. The molecule has 0 saturated heterocycles. The maximum atomic E-state index is 14.6. The van der Waals surface area contributed by atoms with Crippen molar-refractivity contribution in [1.29, 1.82) is 0 Å². The standard InChI is InChI=1S/C24H21FN6O2.2C17H15FN2O/c1-14(28-23(32)20-21(26)29-30-12-6-11-27-22(20)30)18-13-15-7-5-10-17(25)19(15)24(33)31(18)16-8-3-2-4-9-16;2*1-11(19)15-10-12-6-5-9-14(18)16(12)17(21)20(15)13-7-3-2-4-8-13/h2-12,14,18H,13H2,1H3,(H2,26,29)(H,28,32);2*2-11H,19H2,1H3/t14-,18?;2*11-/m000/s1. The minimum Gasteiger partial charge on any atom is -0.381 e. The zero-order valence-electron chi connectivity index (χ0n) is 40.9. The van der Waals surface area contributed by atoms with Gasteiger partial charge in [-0.3, -0.25) is 28.3 Å². The monoisotopic (exact) mass is 1010 g/mol. The van der Waals surface area contributed by atoms with E-state index in [0.717, 1.165) is 0 Å². The van der Waals surface area contributed by atoms with E-state index in [-0.39, 0.29) is 50.9 Å². The number of carbonyl (C=O) groups is 2. The number of nitrogen functional groups attached to an aromatic ring is 1. The highest BCUT2D eigenvalue weighted by molar-refractivity contribution is 6.09. The molecule has 11 rings (SSSR count). The Morgan fingerprint density at radius 3 is 1.61 bits per heavy atom. The number of aromatic nitrogens is 5. The highest BCUT2D eigenvalue weighted by Gasteiger charge is 2.39. The molecule has 1 unspecified atom stereocenters. The first-order valence-corrected chi connectivity index (χ1v) is 24.0. The first kappa shape index (κ1) is 50.7. The molecule has 0 fully saturated rings. The average Bonchev–Trinajstić information content (AvgIpc) is 3.75. The summed E-state index contributed by atoms with van der Waals surface area (Å²) in [6.07, 6.45) is 3.58. The van der Waals surface area contributed by atoms with Crippen LogP contribution in [0.3, 0.4) is 0 Å². The van der Waals surface area contributed by atoms with Gasteiger partial charge in [0.1, 0.15) is 23.0 Å². The summed E-state index contributed by atoms with van der Waals surface area (Å²) in [5.41, 5.74) is 21.7. The molecule has 75 heavy (non-hydrogen) atoms. The third-order valence-electron chi connectivity index (χ3n) is 12.9. The van der Waals surface area contributed by atoms with Crippen LogP contribution in [0.1, 0.15) is 70.5 Å². The Balaban J connectivity index is 0.000000144. The lowest BCUT2D eigenvalue weighted by Gasteiger charge is -2.40. The molecular weight excluding hydrogens is 958 g/mol. The van der Waals surface area contributed by atoms with Crippen molar-refractivity contribution in [2.45, 2.75) is 51.4 Å². The van der Waals surface area contributed by atoms with Crippen molar-refractivity contribution in [3.63, 3.8) is 0 Å². The van der Waals surface area contributed by atoms with Crippen molar-refractivity contribution in [1.82, 2.24) is 29.0 Å². The summed E-state index contributed by atoms with van der Waals surface area (Å²) in [5.74, 6) is -2.41. The second-order valence-corrected chi connectivity index (χ2v) is 18.0. The van der Waals surface area contributed by atoms with E-state index < -0.39 is 41.3 Å². The van der Waals surface area contributed by atoms with Crippen LogP contribution in [0.2, 0.25) is 0 Å². The van der Waals surface area contributed by atoms with Gasteiger partial charge in [0.15, 0.2) is 11.5 Å². The number of pyridine rings is 2. The molecule has 0 aliphatic carbocycles. The molecule has 7 N–H and O–H groups in total. The van der Waals surface area contributed by atoms with Gasteiger partial charge < -0.3 is 27.4 Å². The minimum atomic E-state index is -0.557. The zero-order chi connectivity index (χ0) is 53.1. The van der Waals surface area contributed by atoms with E-state index in [2.05, 4.69) is 15.4 Å². The van der Waals surface area contributed by atoms with Gasteiger partial charge >= 0.3 is 0 Å². The number of carbonyl (C=O) groups excluding carboxylic acids is 2. The van der Waals surface area contributed by atoms with E-state index in [4.69, 9.17) is 17.2 Å². The third-order valence-corrected chi connectivity index (χ3v) is 12.9. The number of halogens is 3. The molecule has 1 aliphatic rings. The summed E-state index contributed by atoms with van der Waals surface area (Å²) in [5, 5.41) is 8.40. The number of para-hydroxylation sites is 3. The van der Waals surface area contributed by atoms with Crippen molar-refractivity contribution >= 4 is 50.5 Å². The summed E-state index contributed by atoms with van der Waals surface area (Å²) in [6.45, 7) is 5.42. The van der Waals surface area contributed by atoms with Gasteiger partial charge in [-0.2, -0.15) is 0 Å². The fourth-order valence-corrected chi connectivity index (χ4v) is 9.40. The maximum absolute atomic E-state index is 14.6. The Kier molecular flexibility index (Phi) is 14.5. The Morgan fingerprint density at radius 2 is 1.11 bits per heavy atom. The fourth-order valence-electron chi connectivity index (χ4n) is 9.40.